The van der Waals surface area contributed by atoms with E-state index in [4.69, 9.17) is 0 Å². The molecule has 0 aliphatic carbocycles. The maximum atomic E-state index is 13.1. The number of halogens is 2. The van der Waals surface area contributed by atoms with Crippen molar-refractivity contribution >= 4 is 22.4 Å². The van der Waals surface area contributed by atoms with Gasteiger partial charge in [0.05, 0.1) is 5.69 Å². The lowest BCUT2D eigenvalue weighted by molar-refractivity contribution is -0.111. The fourth-order valence-electron chi connectivity index (χ4n) is 1.28. The molecular formula is C12H8F2N2OS. The van der Waals surface area contributed by atoms with Crippen molar-refractivity contribution in [2.24, 2.45) is 0 Å². The van der Waals surface area contributed by atoms with E-state index in [9.17, 15) is 13.6 Å². The van der Waals surface area contributed by atoms with E-state index in [-0.39, 0.29) is 5.91 Å². The SMILES string of the molecule is C=CC(=O)Nc1nc(-c2ccc(F)c(F)c2)cs1. The predicted molar refractivity (Wildman–Crippen MR) is 66.3 cm³/mol. The Bertz CT molecular complexity index is 610. The van der Waals surface area contributed by atoms with Crippen LogP contribution in [0.2, 0.25) is 0 Å². The van der Waals surface area contributed by atoms with Gasteiger partial charge in [0.15, 0.2) is 16.8 Å². The van der Waals surface area contributed by atoms with Crippen molar-refractivity contribution in [3.8, 4) is 11.3 Å². The molecule has 2 aromatic rings. The van der Waals surface area contributed by atoms with Gasteiger partial charge in [-0.2, -0.15) is 0 Å². The number of aromatic nitrogens is 1. The van der Waals surface area contributed by atoms with Crippen LogP contribution in [0, 0.1) is 11.6 Å². The molecule has 0 bridgehead atoms. The van der Waals surface area contributed by atoms with Gasteiger partial charge in [0.1, 0.15) is 0 Å². The molecule has 0 fully saturated rings. The summed E-state index contributed by atoms with van der Waals surface area (Å²) in [6.07, 6.45) is 1.12. The Kier molecular flexibility index (Phi) is 3.47. The topological polar surface area (TPSA) is 42.0 Å². The van der Waals surface area contributed by atoms with Crippen LogP contribution in [-0.2, 0) is 4.79 Å². The van der Waals surface area contributed by atoms with Crippen LogP contribution in [0.1, 0.15) is 0 Å². The number of carbonyl (C=O) groups excluding carboxylic acids is 1. The van der Waals surface area contributed by atoms with Crippen molar-refractivity contribution in [1.82, 2.24) is 4.98 Å². The standard InChI is InChI=1S/C12H8F2N2OS/c1-2-11(17)16-12-15-10(6-18-12)7-3-4-8(13)9(14)5-7/h2-6H,1H2,(H,15,16,17). The Hall–Kier alpha value is -2.08. The third-order valence-corrected chi connectivity index (χ3v) is 2.89. The summed E-state index contributed by atoms with van der Waals surface area (Å²) in [4.78, 5) is 15.1. The molecule has 0 unspecified atom stereocenters. The second kappa shape index (κ2) is 5.05. The quantitative estimate of drug-likeness (QED) is 0.867. The Labute approximate surface area is 106 Å². The van der Waals surface area contributed by atoms with E-state index >= 15 is 0 Å². The lowest BCUT2D eigenvalue weighted by atomic mass is 10.2. The molecule has 0 atom stereocenters. The first kappa shape index (κ1) is 12.4. The van der Waals surface area contributed by atoms with E-state index in [1.165, 1.54) is 17.4 Å². The molecule has 2 rings (SSSR count). The number of hydrogen-bond acceptors (Lipinski definition) is 3. The van der Waals surface area contributed by atoms with Crippen LogP contribution < -0.4 is 5.32 Å². The second-order valence-corrected chi connectivity index (χ2v) is 4.22. The maximum absolute atomic E-state index is 13.1. The molecule has 92 valence electrons. The van der Waals surface area contributed by atoms with Gasteiger partial charge in [-0.3, -0.25) is 10.1 Å². The van der Waals surface area contributed by atoms with E-state index in [1.54, 1.807) is 5.38 Å². The number of carbonyl (C=O) groups is 1. The van der Waals surface area contributed by atoms with Gasteiger partial charge in [0.25, 0.3) is 0 Å². The highest BCUT2D eigenvalue weighted by Crippen LogP contribution is 2.25. The molecule has 0 saturated carbocycles. The molecule has 1 heterocycles. The first-order valence-corrected chi connectivity index (χ1v) is 5.82. The Balaban J connectivity index is 2.26. The fourth-order valence-corrected chi connectivity index (χ4v) is 2.00. The number of thiazole rings is 1. The number of amides is 1. The van der Waals surface area contributed by atoms with Crippen molar-refractivity contribution in [1.29, 1.82) is 0 Å². The Morgan fingerprint density at radius 1 is 1.39 bits per heavy atom. The van der Waals surface area contributed by atoms with Crippen LogP contribution in [0.3, 0.4) is 0 Å². The molecule has 1 aromatic heterocycles. The van der Waals surface area contributed by atoms with Gasteiger partial charge in [-0.1, -0.05) is 6.58 Å². The van der Waals surface area contributed by atoms with E-state index < -0.39 is 11.6 Å². The van der Waals surface area contributed by atoms with Gasteiger partial charge in [0.2, 0.25) is 5.91 Å². The number of nitrogens with zero attached hydrogens (tertiary/aromatic N) is 1. The van der Waals surface area contributed by atoms with Crippen molar-refractivity contribution < 1.29 is 13.6 Å². The zero-order chi connectivity index (χ0) is 13.1. The Morgan fingerprint density at radius 2 is 2.17 bits per heavy atom. The number of anilines is 1. The van der Waals surface area contributed by atoms with Crippen LogP contribution >= 0.6 is 11.3 Å². The zero-order valence-electron chi connectivity index (χ0n) is 9.11. The minimum atomic E-state index is -0.933. The summed E-state index contributed by atoms with van der Waals surface area (Å²) in [6.45, 7) is 3.32. The second-order valence-electron chi connectivity index (χ2n) is 3.36. The first-order chi connectivity index (χ1) is 8.60. The smallest absolute Gasteiger partial charge is 0.249 e. The van der Waals surface area contributed by atoms with E-state index in [1.807, 2.05) is 0 Å². The summed E-state index contributed by atoms with van der Waals surface area (Å²) in [5.74, 6) is -2.22. The number of benzene rings is 1. The highest BCUT2D eigenvalue weighted by atomic mass is 32.1. The van der Waals surface area contributed by atoms with Crippen LogP contribution in [-0.4, -0.2) is 10.9 Å². The van der Waals surface area contributed by atoms with Crippen molar-refractivity contribution in [3.63, 3.8) is 0 Å². The third-order valence-electron chi connectivity index (χ3n) is 2.14. The molecule has 0 aliphatic heterocycles. The van der Waals surface area contributed by atoms with E-state index in [0.717, 1.165) is 18.2 Å². The number of rotatable bonds is 3. The van der Waals surface area contributed by atoms with Gasteiger partial charge < -0.3 is 0 Å². The molecule has 0 spiro atoms. The third kappa shape index (κ3) is 2.60. The van der Waals surface area contributed by atoms with Crippen LogP contribution in [0.4, 0.5) is 13.9 Å². The Morgan fingerprint density at radius 3 is 2.83 bits per heavy atom. The minimum Gasteiger partial charge on any atom is -0.298 e. The van der Waals surface area contributed by atoms with E-state index in [0.29, 0.717) is 16.4 Å². The summed E-state index contributed by atoms with van der Waals surface area (Å²) < 4.78 is 25.8. The van der Waals surface area contributed by atoms with Crippen molar-refractivity contribution in [3.05, 3.63) is 47.9 Å². The van der Waals surface area contributed by atoms with Gasteiger partial charge in [-0.05, 0) is 24.3 Å². The van der Waals surface area contributed by atoms with Gasteiger partial charge in [0, 0.05) is 10.9 Å². The van der Waals surface area contributed by atoms with Crippen molar-refractivity contribution in [2.45, 2.75) is 0 Å². The lowest BCUT2D eigenvalue weighted by Gasteiger charge is -1.98. The molecule has 0 aliphatic rings. The molecule has 6 heteroatoms. The summed E-state index contributed by atoms with van der Waals surface area (Å²) >= 11 is 1.19. The number of hydrogen-bond donors (Lipinski definition) is 1. The van der Waals surface area contributed by atoms with Gasteiger partial charge in [-0.25, -0.2) is 13.8 Å². The highest BCUT2D eigenvalue weighted by molar-refractivity contribution is 7.14. The molecular weight excluding hydrogens is 258 g/mol. The molecule has 1 amide bonds. The monoisotopic (exact) mass is 266 g/mol. The molecule has 18 heavy (non-hydrogen) atoms. The van der Waals surface area contributed by atoms with Crippen molar-refractivity contribution in [2.75, 3.05) is 5.32 Å². The van der Waals surface area contributed by atoms with Gasteiger partial charge in [-0.15, -0.1) is 11.3 Å². The average molecular weight is 266 g/mol. The molecule has 1 aromatic carbocycles. The molecule has 0 saturated heterocycles. The zero-order valence-corrected chi connectivity index (χ0v) is 9.93. The average Bonchev–Trinajstić information content (AvgIpc) is 2.81. The minimum absolute atomic E-state index is 0.374. The van der Waals surface area contributed by atoms with E-state index in [2.05, 4.69) is 16.9 Å². The van der Waals surface area contributed by atoms with Crippen LogP contribution in [0.25, 0.3) is 11.3 Å². The summed E-state index contributed by atoms with van der Waals surface area (Å²) in [7, 11) is 0. The normalized spacial score (nSPS) is 10.1. The number of nitrogens with one attached hydrogen (secondary N) is 1. The predicted octanol–water partition coefficient (Wildman–Crippen LogP) is 3.21. The highest BCUT2D eigenvalue weighted by Gasteiger charge is 2.09. The lowest BCUT2D eigenvalue weighted by Crippen LogP contribution is -2.06. The maximum Gasteiger partial charge on any atom is 0.249 e. The molecule has 0 radical (unpaired) electrons. The molecule has 1 N–H and O–H groups in total. The summed E-state index contributed by atoms with van der Waals surface area (Å²) in [5, 5.41) is 4.51. The largest absolute Gasteiger partial charge is 0.298 e. The summed E-state index contributed by atoms with van der Waals surface area (Å²) in [5.41, 5.74) is 0.919. The first-order valence-electron chi connectivity index (χ1n) is 4.94. The summed E-state index contributed by atoms with van der Waals surface area (Å²) in [6, 6.07) is 3.52. The van der Waals surface area contributed by atoms with Gasteiger partial charge >= 0.3 is 0 Å². The fraction of sp³-hybridized carbons (Fsp3) is 0. The van der Waals surface area contributed by atoms with Crippen LogP contribution in [0.15, 0.2) is 36.2 Å². The molecule has 3 nitrogen and oxygen atoms in total. The van der Waals surface area contributed by atoms with Crippen LogP contribution in [0.5, 0.6) is 0 Å².